The second-order valence-electron chi connectivity index (χ2n) is 5.62. The summed E-state index contributed by atoms with van der Waals surface area (Å²) in [5, 5.41) is 3.87. The summed E-state index contributed by atoms with van der Waals surface area (Å²) in [5.74, 6) is -0.000961. The first kappa shape index (κ1) is 17.5. The van der Waals surface area contributed by atoms with Gasteiger partial charge in [0.15, 0.2) is 9.84 Å². The third-order valence-electron chi connectivity index (χ3n) is 3.39. The van der Waals surface area contributed by atoms with Crippen LogP contribution in [0.2, 0.25) is 10.0 Å². The lowest BCUT2D eigenvalue weighted by atomic mass is 10.2. The van der Waals surface area contributed by atoms with Crippen LogP contribution in [0.5, 0.6) is 0 Å². The van der Waals surface area contributed by atoms with Crippen LogP contribution in [0.3, 0.4) is 0 Å². The van der Waals surface area contributed by atoms with Gasteiger partial charge < -0.3 is 5.32 Å². The molecule has 1 aliphatic heterocycles. The topological polar surface area (TPSA) is 66.5 Å². The Morgan fingerprint density at radius 1 is 1.32 bits per heavy atom. The van der Waals surface area contributed by atoms with Crippen LogP contribution in [0.4, 0.5) is 0 Å². The van der Waals surface area contributed by atoms with Gasteiger partial charge in [0.25, 0.3) is 0 Å². The van der Waals surface area contributed by atoms with Crippen molar-refractivity contribution in [2.75, 3.05) is 25.1 Å². The number of benzene rings is 1. The van der Waals surface area contributed by atoms with Crippen LogP contribution in [-0.2, 0) is 21.2 Å². The van der Waals surface area contributed by atoms with Crippen molar-refractivity contribution in [3.63, 3.8) is 0 Å². The zero-order valence-corrected chi connectivity index (χ0v) is 14.5. The molecule has 5 nitrogen and oxygen atoms in total. The van der Waals surface area contributed by atoms with E-state index >= 15 is 0 Å². The highest BCUT2D eigenvalue weighted by Crippen LogP contribution is 2.19. The number of likely N-dealkylation sites (N-methyl/N-ethyl adjacent to an activating group) is 1. The lowest BCUT2D eigenvalue weighted by Gasteiger charge is -2.18. The number of nitrogens with one attached hydrogen (secondary N) is 1. The summed E-state index contributed by atoms with van der Waals surface area (Å²) in [7, 11) is -1.18. The molecule has 0 saturated carbocycles. The van der Waals surface area contributed by atoms with Gasteiger partial charge in [0, 0.05) is 22.6 Å². The van der Waals surface area contributed by atoms with Gasteiger partial charge in [0.1, 0.15) is 0 Å². The van der Waals surface area contributed by atoms with Gasteiger partial charge in [0.05, 0.1) is 18.1 Å². The highest BCUT2D eigenvalue weighted by atomic mass is 35.5. The number of halogens is 2. The Morgan fingerprint density at radius 3 is 2.50 bits per heavy atom. The van der Waals surface area contributed by atoms with Gasteiger partial charge in [-0.15, -0.1) is 0 Å². The number of sulfone groups is 1. The van der Waals surface area contributed by atoms with Crippen molar-refractivity contribution in [3.05, 3.63) is 33.8 Å². The van der Waals surface area contributed by atoms with E-state index in [1.807, 2.05) is 4.90 Å². The minimum absolute atomic E-state index is 0.0341. The maximum Gasteiger partial charge on any atom is 0.234 e. The summed E-state index contributed by atoms with van der Waals surface area (Å²) in [6.07, 6.45) is 0.488. The molecule has 0 radical (unpaired) electrons. The fourth-order valence-corrected chi connectivity index (χ4v) is 4.74. The van der Waals surface area contributed by atoms with Crippen molar-refractivity contribution in [1.82, 2.24) is 10.2 Å². The Morgan fingerprint density at radius 2 is 1.95 bits per heavy atom. The number of carbonyl (C=O) groups excluding carboxylic acids is 1. The number of hydrogen-bond donors (Lipinski definition) is 1. The van der Waals surface area contributed by atoms with E-state index in [1.165, 1.54) is 0 Å². The Labute approximate surface area is 140 Å². The molecule has 1 aromatic carbocycles. The second-order valence-corrected chi connectivity index (χ2v) is 8.72. The smallest absolute Gasteiger partial charge is 0.234 e. The Balaban J connectivity index is 1.83. The minimum Gasteiger partial charge on any atom is -0.351 e. The second kappa shape index (κ2) is 7.17. The number of nitrogens with zero attached hydrogens (tertiary/aromatic N) is 1. The molecule has 1 N–H and O–H groups in total. The van der Waals surface area contributed by atoms with Crippen molar-refractivity contribution in [1.29, 1.82) is 0 Å². The van der Waals surface area contributed by atoms with Crippen LogP contribution in [-0.4, -0.2) is 50.4 Å². The summed E-state index contributed by atoms with van der Waals surface area (Å²) in [5.41, 5.74) is 0.913. The first-order chi connectivity index (χ1) is 10.2. The molecule has 0 spiro atoms. The van der Waals surface area contributed by atoms with Crippen LogP contribution in [0.15, 0.2) is 18.2 Å². The Bertz CT molecular complexity index is 644. The normalized spacial score (nSPS) is 20.3. The molecule has 1 unspecified atom stereocenters. The maximum atomic E-state index is 11.9. The first-order valence-electron chi connectivity index (χ1n) is 6.87. The Hall–Kier alpha value is -0.820. The molecular weight excluding hydrogens is 347 g/mol. The van der Waals surface area contributed by atoms with Gasteiger partial charge in [-0.25, -0.2) is 8.42 Å². The standard InChI is InChI=1S/C14H18Cl2N2O3S/c1-18(7-10-4-11(15)6-12(16)5-10)8-14(19)17-13-2-3-22(20,21)9-13/h4-6,13H,2-3,7-9H2,1H3,(H,17,19). The van der Waals surface area contributed by atoms with Gasteiger partial charge in [-0.3, -0.25) is 9.69 Å². The van der Waals surface area contributed by atoms with Crippen LogP contribution < -0.4 is 5.32 Å². The largest absolute Gasteiger partial charge is 0.351 e. The van der Waals surface area contributed by atoms with Gasteiger partial charge >= 0.3 is 0 Å². The van der Waals surface area contributed by atoms with Crippen molar-refractivity contribution < 1.29 is 13.2 Å². The predicted octanol–water partition coefficient (Wildman–Crippen LogP) is 1.73. The van der Waals surface area contributed by atoms with E-state index in [0.29, 0.717) is 23.0 Å². The maximum absolute atomic E-state index is 11.9. The number of hydrogen-bond acceptors (Lipinski definition) is 4. The molecule has 0 bridgehead atoms. The van der Waals surface area contributed by atoms with E-state index in [9.17, 15) is 13.2 Å². The zero-order valence-electron chi connectivity index (χ0n) is 12.2. The average molecular weight is 365 g/mol. The van der Waals surface area contributed by atoms with Crippen LogP contribution in [0.1, 0.15) is 12.0 Å². The molecule has 2 rings (SSSR count). The fourth-order valence-electron chi connectivity index (χ4n) is 2.50. The molecule has 1 aliphatic rings. The monoisotopic (exact) mass is 364 g/mol. The molecular formula is C14H18Cl2N2O3S. The van der Waals surface area contributed by atoms with E-state index in [0.717, 1.165) is 5.56 Å². The number of rotatable bonds is 5. The van der Waals surface area contributed by atoms with Gasteiger partial charge in [-0.1, -0.05) is 23.2 Å². The molecule has 1 fully saturated rings. The van der Waals surface area contributed by atoms with E-state index < -0.39 is 9.84 Å². The van der Waals surface area contributed by atoms with E-state index in [4.69, 9.17) is 23.2 Å². The van der Waals surface area contributed by atoms with Gasteiger partial charge in [-0.05, 0) is 37.2 Å². The molecule has 0 aliphatic carbocycles. The third kappa shape index (κ3) is 5.43. The summed E-state index contributed by atoms with van der Waals surface area (Å²) >= 11 is 11.9. The molecule has 1 saturated heterocycles. The molecule has 122 valence electrons. The lowest BCUT2D eigenvalue weighted by Crippen LogP contribution is -2.41. The van der Waals surface area contributed by atoms with E-state index in [2.05, 4.69) is 5.32 Å². The summed E-state index contributed by atoms with van der Waals surface area (Å²) in [6.45, 7) is 0.706. The highest BCUT2D eigenvalue weighted by Gasteiger charge is 2.28. The van der Waals surface area contributed by atoms with Crippen molar-refractivity contribution in [2.45, 2.75) is 19.0 Å². The zero-order chi connectivity index (χ0) is 16.3. The molecule has 1 atom stereocenters. The first-order valence-corrected chi connectivity index (χ1v) is 9.44. The number of amides is 1. The summed E-state index contributed by atoms with van der Waals surface area (Å²) in [6, 6.07) is 4.97. The van der Waals surface area contributed by atoms with Crippen LogP contribution >= 0.6 is 23.2 Å². The van der Waals surface area contributed by atoms with Crippen molar-refractivity contribution in [3.8, 4) is 0 Å². The van der Waals surface area contributed by atoms with Gasteiger partial charge in [0.2, 0.25) is 5.91 Å². The van der Waals surface area contributed by atoms with Crippen molar-refractivity contribution >= 4 is 38.9 Å². The average Bonchev–Trinajstić information content (AvgIpc) is 2.66. The molecule has 22 heavy (non-hydrogen) atoms. The summed E-state index contributed by atoms with van der Waals surface area (Å²) in [4.78, 5) is 13.8. The number of carbonyl (C=O) groups is 1. The molecule has 1 heterocycles. The van der Waals surface area contributed by atoms with Crippen LogP contribution in [0.25, 0.3) is 0 Å². The van der Waals surface area contributed by atoms with E-state index in [-0.39, 0.29) is 30.0 Å². The van der Waals surface area contributed by atoms with Crippen molar-refractivity contribution in [2.24, 2.45) is 0 Å². The molecule has 0 aromatic heterocycles. The predicted molar refractivity (Wildman–Crippen MR) is 88.0 cm³/mol. The molecule has 1 aromatic rings. The van der Waals surface area contributed by atoms with E-state index in [1.54, 1.807) is 25.2 Å². The Kier molecular flexibility index (Phi) is 5.71. The highest BCUT2D eigenvalue weighted by molar-refractivity contribution is 7.91. The fraction of sp³-hybridized carbons (Fsp3) is 0.500. The third-order valence-corrected chi connectivity index (χ3v) is 5.59. The lowest BCUT2D eigenvalue weighted by molar-refractivity contribution is -0.122. The van der Waals surface area contributed by atoms with Crippen LogP contribution in [0, 0.1) is 0 Å². The molecule has 8 heteroatoms. The molecule has 1 amide bonds. The minimum atomic E-state index is -2.99. The quantitative estimate of drug-likeness (QED) is 0.863. The SMILES string of the molecule is CN(CC(=O)NC1CCS(=O)(=O)C1)Cc1cc(Cl)cc(Cl)c1. The van der Waals surface area contributed by atoms with Gasteiger partial charge in [-0.2, -0.15) is 0 Å². The summed E-state index contributed by atoms with van der Waals surface area (Å²) < 4.78 is 22.7.